The number of hydrogen-bond donors (Lipinski definition) is 1. The van der Waals surface area contributed by atoms with E-state index in [2.05, 4.69) is 5.32 Å². The average Bonchev–Trinajstić information content (AvgIpc) is 3.23. The van der Waals surface area contributed by atoms with Crippen molar-refractivity contribution in [2.24, 2.45) is 4.99 Å². The quantitative estimate of drug-likeness (QED) is 0.370. The molecule has 1 amide bonds. The van der Waals surface area contributed by atoms with Crippen molar-refractivity contribution in [2.75, 3.05) is 12.4 Å². The summed E-state index contributed by atoms with van der Waals surface area (Å²) in [4.78, 5) is 32.7. The van der Waals surface area contributed by atoms with Crippen LogP contribution in [0.25, 0.3) is 6.08 Å². The minimum absolute atomic E-state index is 0.0778. The van der Waals surface area contributed by atoms with Gasteiger partial charge < -0.3 is 14.8 Å². The van der Waals surface area contributed by atoms with Crippen molar-refractivity contribution in [3.8, 4) is 11.5 Å². The molecule has 0 bridgehead atoms. The molecule has 0 aliphatic carbocycles. The Hall–Kier alpha value is -4.43. The zero-order valence-corrected chi connectivity index (χ0v) is 23.0. The first kappa shape index (κ1) is 26.2. The maximum absolute atomic E-state index is 13.8. The summed E-state index contributed by atoms with van der Waals surface area (Å²) < 4.78 is 13.2. The molecule has 0 unspecified atom stereocenters. The third kappa shape index (κ3) is 5.56. The molecular formula is C31H29N3O4S. The molecule has 7 nitrogen and oxygen atoms in total. The van der Waals surface area contributed by atoms with Gasteiger partial charge in [-0.1, -0.05) is 53.8 Å². The molecule has 39 heavy (non-hydrogen) atoms. The van der Waals surface area contributed by atoms with Gasteiger partial charge in [-0.15, -0.1) is 0 Å². The molecule has 0 saturated carbocycles. The van der Waals surface area contributed by atoms with Crippen molar-refractivity contribution in [1.82, 2.24) is 4.57 Å². The summed E-state index contributed by atoms with van der Waals surface area (Å²) in [5, 5.41) is 2.97. The van der Waals surface area contributed by atoms with Gasteiger partial charge in [0.1, 0.15) is 11.5 Å². The number of anilines is 1. The number of para-hydroxylation sites is 1. The Bertz CT molecular complexity index is 1700. The highest BCUT2D eigenvalue weighted by Gasteiger charge is 2.32. The Balaban J connectivity index is 1.61. The Morgan fingerprint density at radius 1 is 1.00 bits per heavy atom. The number of carbonyl (C=O) groups excluding carboxylic acids is 1. The van der Waals surface area contributed by atoms with Gasteiger partial charge in [-0.25, -0.2) is 4.99 Å². The van der Waals surface area contributed by atoms with Gasteiger partial charge in [0.2, 0.25) is 0 Å². The molecule has 1 aromatic heterocycles. The summed E-state index contributed by atoms with van der Waals surface area (Å²) in [7, 11) is 1.60. The van der Waals surface area contributed by atoms with Crippen LogP contribution in [0.15, 0.2) is 99.9 Å². The highest BCUT2D eigenvalue weighted by atomic mass is 32.1. The van der Waals surface area contributed by atoms with Gasteiger partial charge in [0.25, 0.3) is 11.5 Å². The number of thiazole rings is 1. The lowest BCUT2D eigenvalue weighted by molar-refractivity contribution is -0.113. The fourth-order valence-electron chi connectivity index (χ4n) is 4.50. The maximum Gasteiger partial charge on any atom is 0.271 e. The first-order valence-corrected chi connectivity index (χ1v) is 13.5. The van der Waals surface area contributed by atoms with Crippen LogP contribution in [-0.4, -0.2) is 23.7 Å². The lowest BCUT2D eigenvalue weighted by Gasteiger charge is -2.25. The van der Waals surface area contributed by atoms with Crippen LogP contribution in [0, 0.1) is 0 Å². The number of carbonyl (C=O) groups is 1. The molecule has 198 valence electrons. The van der Waals surface area contributed by atoms with Crippen molar-refractivity contribution in [1.29, 1.82) is 0 Å². The predicted molar refractivity (Wildman–Crippen MR) is 154 cm³/mol. The third-order valence-corrected chi connectivity index (χ3v) is 7.26. The summed E-state index contributed by atoms with van der Waals surface area (Å²) in [6.07, 6.45) is 1.92. The fraction of sp³-hybridized carbons (Fsp3) is 0.194. The number of benzene rings is 3. The molecule has 1 N–H and O–H groups in total. The van der Waals surface area contributed by atoms with Crippen molar-refractivity contribution >= 4 is 29.0 Å². The Kier molecular flexibility index (Phi) is 7.47. The number of ether oxygens (including phenoxy) is 2. The van der Waals surface area contributed by atoms with Crippen LogP contribution in [0.5, 0.6) is 11.5 Å². The monoisotopic (exact) mass is 539 g/mol. The number of nitrogens with zero attached hydrogens (tertiary/aromatic N) is 2. The van der Waals surface area contributed by atoms with E-state index in [9.17, 15) is 9.59 Å². The predicted octanol–water partition coefficient (Wildman–Crippen LogP) is 4.67. The van der Waals surface area contributed by atoms with Crippen LogP contribution < -0.4 is 29.7 Å². The molecule has 4 aromatic rings. The highest BCUT2D eigenvalue weighted by molar-refractivity contribution is 7.07. The molecule has 5 rings (SSSR count). The van der Waals surface area contributed by atoms with Gasteiger partial charge in [-0.2, -0.15) is 0 Å². The first-order valence-electron chi connectivity index (χ1n) is 12.6. The first-order chi connectivity index (χ1) is 18.8. The minimum Gasteiger partial charge on any atom is -0.497 e. The molecule has 0 radical (unpaired) electrons. The second kappa shape index (κ2) is 11.1. The molecule has 0 spiro atoms. The van der Waals surface area contributed by atoms with E-state index in [1.54, 1.807) is 18.6 Å². The van der Waals surface area contributed by atoms with Crippen LogP contribution in [0.1, 0.15) is 37.9 Å². The van der Waals surface area contributed by atoms with Crippen LogP contribution >= 0.6 is 11.3 Å². The highest BCUT2D eigenvalue weighted by Crippen LogP contribution is 2.31. The van der Waals surface area contributed by atoms with Gasteiger partial charge in [0, 0.05) is 5.69 Å². The molecule has 3 aromatic carbocycles. The molecule has 1 aliphatic heterocycles. The second-order valence-electron chi connectivity index (χ2n) is 9.41. The molecule has 1 aliphatic rings. The molecule has 0 fully saturated rings. The van der Waals surface area contributed by atoms with Gasteiger partial charge in [-0.05, 0) is 74.4 Å². The summed E-state index contributed by atoms with van der Waals surface area (Å²) in [5.41, 5.74) is 3.09. The van der Waals surface area contributed by atoms with Crippen molar-refractivity contribution in [2.45, 2.75) is 32.9 Å². The number of amides is 1. The van der Waals surface area contributed by atoms with E-state index in [0.717, 1.165) is 16.9 Å². The Morgan fingerprint density at radius 3 is 2.31 bits per heavy atom. The second-order valence-corrected chi connectivity index (χ2v) is 10.4. The van der Waals surface area contributed by atoms with Gasteiger partial charge in [0.05, 0.1) is 35.1 Å². The van der Waals surface area contributed by atoms with E-state index in [1.165, 1.54) is 11.3 Å². The summed E-state index contributed by atoms with van der Waals surface area (Å²) >= 11 is 1.31. The van der Waals surface area contributed by atoms with Crippen LogP contribution in [0.3, 0.4) is 0 Å². The van der Waals surface area contributed by atoms with Crippen LogP contribution in [0.4, 0.5) is 5.69 Å². The van der Waals surface area contributed by atoms with Crippen molar-refractivity contribution in [3.63, 3.8) is 0 Å². The number of rotatable bonds is 7. The Morgan fingerprint density at radius 2 is 1.67 bits per heavy atom. The zero-order valence-electron chi connectivity index (χ0n) is 22.2. The zero-order chi connectivity index (χ0) is 27.5. The third-order valence-electron chi connectivity index (χ3n) is 6.28. The van der Waals surface area contributed by atoms with E-state index in [4.69, 9.17) is 14.5 Å². The smallest absolute Gasteiger partial charge is 0.271 e. The average molecular weight is 540 g/mol. The molecule has 1 atom stereocenters. The lowest BCUT2D eigenvalue weighted by atomic mass is 9.95. The SMILES string of the molecule is COc1ccc([C@H]2C(C(=O)Nc3ccccc3)=C(C)N=c3s/c(=C\c4ccc(OC(C)C)cc4)c(=O)n32)cc1. The number of aromatic nitrogens is 1. The van der Waals surface area contributed by atoms with E-state index < -0.39 is 6.04 Å². The number of fused-ring (bicyclic) bond motifs is 1. The number of hydrogen-bond acceptors (Lipinski definition) is 6. The number of methoxy groups -OCH3 is 1. The normalized spacial score (nSPS) is 15.1. The van der Waals surface area contributed by atoms with E-state index in [1.807, 2.05) is 98.8 Å². The standard InChI is InChI=1S/C31H29N3O4S/c1-19(2)38-25-14-10-21(11-15-25)18-26-30(36)34-28(22-12-16-24(37-4)17-13-22)27(20(3)32-31(34)39-26)29(35)33-23-8-6-5-7-9-23/h5-19,28H,1-4H3,(H,33,35)/b26-18-/t28-/m0/s1. The van der Waals surface area contributed by atoms with Gasteiger partial charge >= 0.3 is 0 Å². The van der Waals surface area contributed by atoms with Crippen molar-refractivity contribution < 1.29 is 14.3 Å². The summed E-state index contributed by atoms with van der Waals surface area (Å²) in [5.74, 6) is 1.15. The summed E-state index contributed by atoms with van der Waals surface area (Å²) in [6, 6.07) is 23.6. The van der Waals surface area contributed by atoms with Crippen molar-refractivity contribution in [3.05, 3.63) is 121 Å². The minimum atomic E-state index is -0.653. The van der Waals surface area contributed by atoms with E-state index in [-0.39, 0.29) is 17.6 Å². The summed E-state index contributed by atoms with van der Waals surface area (Å²) in [6.45, 7) is 5.76. The largest absolute Gasteiger partial charge is 0.497 e. The van der Waals surface area contributed by atoms with E-state index >= 15 is 0 Å². The molecule has 2 heterocycles. The van der Waals surface area contributed by atoms with Gasteiger partial charge in [-0.3, -0.25) is 14.2 Å². The topological polar surface area (TPSA) is 81.9 Å². The van der Waals surface area contributed by atoms with Crippen LogP contribution in [-0.2, 0) is 4.79 Å². The van der Waals surface area contributed by atoms with Gasteiger partial charge in [0.15, 0.2) is 4.80 Å². The molecular weight excluding hydrogens is 510 g/mol. The Labute approximate surface area is 230 Å². The fourth-order valence-corrected chi connectivity index (χ4v) is 5.55. The maximum atomic E-state index is 13.8. The number of nitrogens with one attached hydrogen (secondary N) is 1. The van der Waals surface area contributed by atoms with Crippen LogP contribution in [0.2, 0.25) is 0 Å². The molecule has 0 saturated heterocycles. The van der Waals surface area contributed by atoms with E-state index in [0.29, 0.717) is 32.0 Å². The lowest BCUT2D eigenvalue weighted by Crippen LogP contribution is -2.40. The number of allylic oxidation sites excluding steroid dienone is 1. The molecule has 8 heteroatoms.